The van der Waals surface area contributed by atoms with Crippen molar-refractivity contribution < 1.29 is 9.72 Å². The molecule has 0 spiro atoms. The summed E-state index contributed by atoms with van der Waals surface area (Å²) in [7, 11) is 0. The van der Waals surface area contributed by atoms with Crippen LogP contribution in [0, 0.1) is 23.0 Å². The van der Waals surface area contributed by atoms with Crippen molar-refractivity contribution in [2.75, 3.05) is 31.1 Å². The first-order valence-electron chi connectivity index (χ1n) is 7.85. The van der Waals surface area contributed by atoms with Crippen LogP contribution in [0.15, 0.2) is 18.2 Å². The Hall–Kier alpha value is -2.11. The molecular weight excluding hydrogens is 282 g/mol. The van der Waals surface area contributed by atoms with E-state index in [0.717, 1.165) is 37.9 Å². The minimum atomic E-state index is -0.319. The van der Waals surface area contributed by atoms with Crippen LogP contribution in [0.4, 0.5) is 11.4 Å². The summed E-state index contributed by atoms with van der Waals surface area (Å²) in [5, 5.41) is 11.3. The Morgan fingerprint density at radius 3 is 2.68 bits per heavy atom. The van der Waals surface area contributed by atoms with E-state index in [1.54, 1.807) is 12.1 Å². The number of carbonyl (C=O) groups excluding carboxylic acids is 1. The average molecular weight is 303 g/mol. The minimum absolute atomic E-state index is 0.155. The van der Waals surface area contributed by atoms with Crippen LogP contribution in [0.5, 0.6) is 0 Å². The molecule has 0 N–H and O–H groups in total. The second-order valence-electron chi connectivity index (χ2n) is 6.14. The number of rotatable bonds is 3. The van der Waals surface area contributed by atoms with Crippen LogP contribution in [0.2, 0.25) is 0 Å². The third-order valence-corrected chi connectivity index (χ3v) is 4.46. The first-order valence-corrected chi connectivity index (χ1v) is 7.85. The van der Waals surface area contributed by atoms with E-state index in [4.69, 9.17) is 0 Å². The van der Waals surface area contributed by atoms with Crippen molar-refractivity contribution >= 4 is 17.3 Å². The molecule has 0 atom stereocenters. The van der Waals surface area contributed by atoms with E-state index < -0.39 is 0 Å². The van der Waals surface area contributed by atoms with Gasteiger partial charge in [-0.25, -0.2) is 0 Å². The monoisotopic (exact) mass is 303 g/mol. The predicted molar refractivity (Wildman–Crippen MR) is 84.0 cm³/mol. The van der Waals surface area contributed by atoms with Crippen LogP contribution < -0.4 is 4.90 Å². The van der Waals surface area contributed by atoms with Crippen molar-refractivity contribution in [1.82, 2.24) is 4.90 Å². The Labute approximate surface area is 129 Å². The molecule has 0 radical (unpaired) electrons. The molecule has 0 unspecified atom stereocenters. The van der Waals surface area contributed by atoms with E-state index in [9.17, 15) is 14.9 Å². The number of nitro benzene ring substituents is 1. The van der Waals surface area contributed by atoms with E-state index in [2.05, 4.69) is 4.90 Å². The molecule has 6 nitrogen and oxygen atoms in total. The van der Waals surface area contributed by atoms with E-state index in [1.165, 1.54) is 0 Å². The topological polar surface area (TPSA) is 66.7 Å². The Kier molecular flexibility index (Phi) is 4.00. The standard InChI is InChI=1S/C16H21N3O3/c1-12-4-2-5-14(19(21)22)15(12)17-8-3-9-18(11-10-17)16(20)13-6-7-13/h2,4-5,13H,3,6-11H2,1H3. The lowest BCUT2D eigenvalue weighted by molar-refractivity contribution is -0.384. The quantitative estimate of drug-likeness (QED) is 0.635. The van der Waals surface area contributed by atoms with Gasteiger partial charge in [0.1, 0.15) is 5.69 Å². The van der Waals surface area contributed by atoms with E-state index in [1.807, 2.05) is 17.9 Å². The van der Waals surface area contributed by atoms with Gasteiger partial charge < -0.3 is 9.80 Å². The largest absolute Gasteiger partial charge is 0.364 e. The van der Waals surface area contributed by atoms with Crippen LogP contribution in [-0.4, -0.2) is 41.9 Å². The number of nitrogens with zero attached hydrogens (tertiary/aromatic N) is 3. The molecule has 118 valence electrons. The summed E-state index contributed by atoms with van der Waals surface area (Å²) in [5.41, 5.74) is 1.77. The molecule has 0 bridgehead atoms. The Balaban J connectivity index is 1.78. The molecule has 1 saturated heterocycles. The van der Waals surface area contributed by atoms with Gasteiger partial charge in [0.15, 0.2) is 0 Å². The lowest BCUT2D eigenvalue weighted by Gasteiger charge is -2.25. The summed E-state index contributed by atoms with van der Waals surface area (Å²) in [5.74, 6) is 0.500. The molecule has 3 rings (SSSR count). The fourth-order valence-corrected chi connectivity index (χ4v) is 3.15. The van der Waals surface area contributed by atoms with Crippen molar-refractivity contribution in [2.24, 2.45) is 5.92 Å². The highest BCUT2D eigenvalue weighted by molar-refractivity contribution is 5.81. The number of hydrogen-bond donors (Lipinski definition) is 0. The highest BCUT2D eigenvalue weighted by Crippen LogP contribution is 2.34. The zero-order valence-corrected chi connectivity index (χ0v) is 12.8. The Bertz CT molecular complexity index is 598. The van der Waals surface area contributed by atoms with Gasteiger partial charge in [0.05, 0.1) is 4.92 Å². The number of aryl methyl sites for hydroxylation is 1. The van der Waals surface area contributed by atoms with Gasteiger partial charge in [-0.15, -0.1) is 0 Å². The second-order valence-corrected chi connectivity index (χ2v) is 6.14. The van der Waals surface area contributed by atoms with Crippen molar-refractivity contribution in [1.29, 1.82) is 0 Å². The number of benzene rings is 1. The van der Waals surface area contributed by atoms with Crippen LogP contribution in [0.25, 0.3) is 0 Å². The number of hydrogen-bond acceptors (Lipinski definition) is 4. The molecule has 1 aliphatic carbocycles. The summed E-state index contributed by atoms with van der Waals surface area (Å²) in [6.07, 6.45) is 2.88. The predicted octanol–water partition coefficient (Wildman–Crippen LogP) is 2.35. The van der Waals surface area contributed by atoms with Crippen molar-refractivity contribution in [3.8, 4) is 0 Å². The van der Waals surface area contributed by atoms with Crippen LogP contribution in [-0.2, 0) is 4.79 Å². The fraction of sp³-hybridized carbons (Fsp3) is 0.562. The highest BCUT2D eigenvalue weighted by atomic mass is 16.6. The van der Waals surface area contributed by atoms with Crippen LogP contribution >= 0.6 is 0 Å². The SMILES string of the molecule is Cc1cccc([N+](=O)[O-])c1N1CCCN(C(=O)C2CC2)CC1. The third kappa shape index (κ3) is 2.91. The molecule has 2 fully saturated rings. The van der Waals surface area contributed by atoms with Crippen molar-refractivity contribution in [3.05, 3.63) is 33.9 Å². The number of para-hydroxylation sites is 1. The van der Waals surface area contributed by atoms with Gasteiger partial charge in [0, 0.05) is 38.2 Å². The molecule has 0 aromatic heterocycles. The Morgan fingerprint density at radius 2 is 2.00 bits per heavy atom. The number of amides is 1. The van der Waals surface area contributed by atoms with Gasteiger partial charge in [0.2, 0.25) is 5.91 Å². The lowest BCUT2D eigenvalue weighted by atomic mass is 10.1. The molecular formula is C16H21N3O3. The van der Waals surface area contributed by atoms with Gasteiger partial charge in [-0.2, -0.15) is 0 Å². The zero-order valence-electron chi connectivity index (χ0n) is 12.8. The number of nitro groups is 1. The molecule has 2 aliphatic rings. The molecule has 22 heavy (non-hydrogen) atoms. The van der Waals surface area contributed by atoms with Crippen LogP contribution in [0.3, 0.4) is 0 Å². The van der Waals surface area contributed by atoms with Gasteiger partial charge in [0.25, 0.3) is 5.69 Å². The number of anilines is 1. The number of carbonyl (C=O) groups is 1. The van der Waals surface area contributed by atoms with Crippen molar-refractivity contribution in [2.45, 2.75) is 26.2 Å². The smallest absolute Gasteiger partial charge is 0.292 e. The third-order valence-electron chi connectivity index (χ3n) is 4.46. The molecule has 1 amide bonds. The first kappa shape index (κ1) is 14.8. The summed E-state index contributed by atoms with van der Waals surface area (Å²) < 4.78 is 0. The second kappa shape index (κ2) is 5.94. The van der Waals surface area contributed by atoms with Crippen molar-refractivity contribution in [3.63, 3.8) is 0 Å². The highest BCUT2D eigenvalue weighted by Gasteiger charge is 2.34. The maximum Gasteiger partial charge on any atom is 0.292 e. The fourth-order valence-electron chi connectivity index (χ4n) is 3.15. The lowest BCUT2D eigenvalue weighted by Crippen LogP contribution is -2.36. The van der Waals surface area contributed by atoms with E-state index in [0.29, 0.717) is 18.8 Å². The summed E-state index contributed by atoms with van der Waals surface area (Å²) >= 11 is 0. The molecule has 1 aromatic carbocycles. The molecule has 1 aromatic rings. The Morgan fingerprint density at radius 1 is 1.23 bits per heavy atom. The molecule has 1 heterocycles. The van der Waals surface area contributed by atoms with E-state index in [-0.39, 0.29) is 22.4 Å². The maximum atomic E-state index is 12.2. The van der Waals surface area contributed by atoms with Gasteiger partial charge in [-0.05, 0) is 31.7 Å². The normalized spacial score (nSPS) is 19.0. The average Bonchev–Trinajstić information content (AvgIpc) is 3.33. The maximum absolute atomic E-state index is 12.2. The molecule has 6 heteroatoms. The summed E-state index contributed by atoms with van der Waals surface area (Å²) in [6.45, 7) is 4.72. The van der Waals surface area contributed by atoms with Gasteiger partial charge in [-0.1, -0.05) is 12.1 Å². The minimum Gasteiger partial charge on any atom is -0.364 e. The van der Waals surface area contributed by atoms with Gasteiger partial charge in [-0.3, -0.25) is 14.9 Å². The molecule has 1 aliphatic heterocycles. The summed E-state index contributed by atoms with van der Waals surface area (Å²) in [4.78, 5) is 27.2. The van der Waals surface area contributed by atoms with E-state index >= 15 is 0 Å². The molecule has 1 saturated carbocycles. The van der Waals surface area contributed by atoms with Gasteiger partial charge >= 0.3 is 0 Å². The zero-order chi connectivity index (χ0) is 15.7. The first-order chi connectivity index (χ1) is 10.6. The van der Waals surface area contributed by atoms with Crippen LogP contribution in [0.1, 0.15) is 24.8 Å². The summed E-state index contributed by atoms with van der Waals surface area (Å²) in [6, 6.07) is 5.18.